The average molecular weight is 2090 g/mol. The van der Waals surface area contributed by atoms with E-state index < -0.39 is 16.6 Å². The van der Waals surface area contributed by atoms with Crippen LogP contribution >= 0.6 is 45.3 Å². The maximum atomic E-state index is 12.8. The minimum Gasteiger partial charge on any atom is -0.496 e. The number of aromatic carboxylic acids is 1. The van der Waals surface area contributed by atoms with E-state index in [4.69, 9.17) is 107 Å². The van der Waals surface area contributed by atoms with Gasteiger partial charge < -0.3 is 137 Å². The smallest absolute Gasteiger partial charge is 0.345 e. The average Bonchev–Trinajstić information content (AvgIpc) is 1.58. The Morgan fingerprint density at radius 3 is 0.897 bits per heavy atom. The maximum Gasteiger partial charge on any atom is 0.345 e. The van der Waals surface area contributed by atoms with Gasteiger partial charge in [-0.1, -0.05) is 0 Å². The van der Waals surface area contributed by atoms with E-state index in [-0.39, 0.29) is 103 Å². The highest BCUT2D eigenvalue weighted by atomic mass is 32.1. The van der Waals surface area contributed by atoms with E-state index in [1.165, 1.54) is 87.1 Å². The van der Waals surface area contributed by atoms with Crippen molar-refractivity contribution in [3.8, 4) is 69.0 Å². The number of nitrogens with zero attached hydrogens (tertiary/aromatic N) is 6. The van der Waals surface area contributed by atoms with Gasteiger partial charge in [-0.3, -0.25) is 53.3 Å². The summed E-state index contributed by atoms with van der Waals surface area (Å²) >= 11 is 5.57. The summed E-state index contributed by atoms with van der Waals surface area (Å²) in [5.74, 6) is 3.87. The van der Waals surface area contributed by atoms with Crippen LogP contribution in [0.15, 0.2) is 104 Å². The van der Waals surface area contributed by atoms with Crippen LogP contribution in [-0.2, 0) is 23.7 Å². The Balaban J connectivity index is 0.000000126. The summed E-state index contributed by atoms with van der Waals surface area (Å²) < 4.78 is 129. The van der Waals surface area contributed by atoms with Crippen molar-refractivity contribution in [2.45, 2.75) is 13.8 Å². The normalized spacial score (nSPS) is 14.2. The molecule has 5 saturated heterocycles. The Morgan fingerprint density at radius 2 is 0.603 bits per heavy atom. The number of thiophene rings is 4. The molecule has 5 aliphatic heterocycles. The van der Waals surface area contributed by atoms with Gasteiger partial charge in [0.2, 0.25) is 5.75 Å². The van der Waals surface area contributed by atoms with Gasteiger partial charge in [0.05, 0.1) is 218 Å². The van der Waals surface area contributed by atoms with Crippen LogP contribution in [-0.4, -0.2) is 311 Å². The van der Waals surface area contributed by atoms with E-state index in [9.17, 15) is 63.2 Å². The molecule has 5 amide bonds. The van der Waals surface area contributed by atoms with Gasteiger partial charge in [0.25, 0.3) is 29.5 Å². The van der Waals surface area contributed by atoms with E-state index in [2.05, 4.69) is 0 Å². The predicted molar refractivity (Wildman–Crippen MR) is 535 cm³/mol. The molecule has 46 heteroatoms. The predicted octanol–water partition coefficient (Wildman–Crippen LogP) is 16.6. The second kappa shape index (κ2) is 45.3. The maximum absolute atomic E-state index is 12.8. The van der Waals surface area contributed by atoms with Crippen LogP contribution in [0.4, 0.5) is 5.69 Å². The molecule has 146 heavy (non-hydrogen) atoms. The number of methoxy groups -OCH3 is 12. The van der Waals surface area contributed by atoms with Gasteiger partial charge in [0, 0.05) is 124 Å². The summed E-state index contributed by atoms with van der Waals surface area (Å²) in [5.41, 5.74) is 1.68. The van der Waals surface area contributed by atoms with Crippen LogP contribution in [0, 0.1) is 10.1 Å². The van der Waals surface area contributed by atoms with E-state index >= 15 is 0 Å². The van der Waals surface area contributed by atoms with Crippen molar-refractivity contribution in [1.82, 2.24) is 24.5 Å². The van der Waals surface area contributed by atoms with Crippen molar-refractivity contribution in [2.75, 3.05) is 217 Å². The van der Waals surface area contributed by atoms with Gasteiger partial charge in [-0.15, -0.1) is 45.3 Å². The first-order valence-electron chi connectivity index (χ1n) is 45.1. The zero-order chi connectivity index (χ0) is 104. The van der Waals surface area contributed by atoms with Gasteiger partial charge >= 0.3 is 11.7 Å². The minimum absolute atomic E-state index is 0.0277. The van der Waals surface area contributed by atoms with Crippen molar-refractivity contribution in [2.24, 2.45) is 0 Å². The number of furan rings is 6. The Kier molecular flexibility index (Phi) is 32.2. The molecule has 16 aromatic rings. The molecule has 0 bridgehead atoms. The van der Waals surface area contributed by atoms with Crippen molar-refractivity contribution in [3.05, 3.63) is 143 Å². The van der Waals surface area contributed by atoms with Crippen LogP contribution in [0.5, 0.6) is 69.0 Å². The third-order valence-corrected chi connectivity index (χ3v) is 28.5. The number of ether oxygens (including phenoxy) is 17. The fourth-order valence-electron chi connectivity index (χ4n) is 17.4. The number of nitro benzene ring substituents is 1. The summed E-state index contributed by atoms with van der Waals surface area (Å²) in [6, 6.07) is 18.5. The number of nitro groups is 1. The highest BCUT2D eigenvalue weighted by Crippen LogP contribution is 2.54. The number of Topliss-reactive ketones (excluding diaryl/α,β-unsaturated/α-hetero) is 2. The molecule has 10 aromatic heterocycles. The van der Waals surface area contributed by atoms with E-state index in [0.29, 0.717) is 266 Å². The Morgan fingerprint density at radius 1 is 0.322 bits per heavy atom. The minimum atomic E-state index is -1.03. The van der Waals surface area contributed by atoms with Crippen molar-refractivity contribution in [1.29, 1.82) is 0 Å². The summed E-state index contributed by atoms with van der Waals surface area (Å²) in [7, 11) is 17.9. The molecule has 0 unspecified atom stereocenters. The summed E-state index contributed by atoms with van der Waals surface area (Å²) in [6.45, 7) is 13.0. The zero-order valence-corrected chi connectivity index (χ0v) is 84.6. The van der Waals surface area contributed by atoms with Crippen molar-refractivity contribution < 1.29 is 165 Å². The molecule has 21 rings (SSSR count). The van der Waals surface area contributed by atoms with Crippen LogP contribution in [0.25, 0.3) is 106 Å². The summed E-state index contributed by atoms with van der Waals surface area (Å²) in [6.07, 6.45) is 0.956. The molecule has 0 aliphatic carbocycles. The number of hydrogen-bond acceptors (Lipinski definition) is 39. The molecule has 0 radical (unpaired) electrons. The van der Waals surface area contributed by atoms with Crippen LogP contribution in [0.2, 0.25) is 0 Å². The number of carboxylic acids is 1. The standard InChI is InChI=1S/C19H19NO6S.C18H17NO7S.C17H17NO5S.C16H16N2O8.C16H17NO6.C14H12O4S/c1-10(21)14-9-12-15(23-2)16-11(17(24-3)18(12)27-14)8-13(26-16)19(22)20-4-6-25-7-5-20;1-23-13-10-8-12(18(21)22)27-16(10)15(24-2)9-7-11(26-14(9)13)17(20)19-3-5-25-6-4-19;1-20-13-10-3-8-24-16(10)15(21-2)11-9-12(23-14(11)13)17(19)18-4-6-22-7-5-18;1-23-13-9-7-11(16(20)17-3-5-25-6-4-17)26-15(9)14(24-2)10(8-19)12(13)18(21)22;1-20-12-7-10(9-18)14(21-2)15-11(12)8-13(23-15)16(19)17-3-5-22-6-4-17;1-7(15)10-6-9-12(18-10)11(16-2)8-4-5-19-14(8)13(9)17-3/h8-9H,4-7H2,1-3H3;7-8H,3-6H2,1-2H3,(H,21,22);3,8-9H,4-7H2,1-2H3;7-8H,3-6H2,1-2H3;7-9H,3-6H2,1-2H3;4-6H,1-3H3. The number of carboxylic acid groups (broad SMARTS) is 1. The number of ketones is 2. The lowest BCUT2D eigenvalue weighted by atomic mass is 10.1. The number of fused-ring (bicyclic) bond motifs is 10. The largest absolute Gasteiger partial charge is 0.496 e. The van der Waals surface area contributed by atoms with Crippen LogP contribution in [0.1, 0.15) is 117 Å². The Hall–Kier alpha value is -15.3. The number of morpholine rings is 5. The third-order valence-electron chi connectivity index (χ3n) is 24.3. The third kappa shape index (κ3) is 19.9. The first-order valence-corrected chi connectivity index (χ1v) is 48.5. The molecule has 42 nitrogen and oxygen atoms in total. The van der Waals surface area contributed by atoms with Gasteiger partial charge in [-0.25, -0.2) is 4.79 Å². The molecule has 768 valence electrons. The SMILES string of the molecule is COc1c([N+](=O)[O-])c(C=O)c(OC)c2oc(C(=O)N3CCOCC3)cc12.COc1c2cc(C(=O)O)sc2c(OC)c2cc(C(=O)N3CCOCC3)oc12.COc1c2cc(C(C)=O)sc2c(OC)c2cc(C(=O)N3CCOCC3)oc12.COc1c2ccsc2c(OC)c2cc(C(=O)N3CCOCC3)oc12.COc1c2ccsc2c(OC)c2cc(C(C)=O)oc12.COc1cc(C=O)c(OC)c2oc(C(=O)N3CCOCC3)cc12. The first kappa shape index (κ1) is 104. The lowest BCUT2D eigenvalue weighted by Gasteiger charge is -2.25. The number of carbonyl (C=O) groups excluding carboxylic acids is 9. The summed E-state index contributed by atoms with van der Waals surface area (Å²) in [4.78, 5) is 141. The summed E-state index contributed by atoms with van der Waals surface area (Å²) in [5, 5.41) is 31.4. The van der Waals surface area contributed by atoms with Crippen LogP contribution in [0.3, 0.4) is 0 Å². The molecule has 0 atom stereocenters. The van der Waals surface area contributed by atoms with Gasteiger partial charge in [-0.05, 0) is 54.1 Å². The number of rotatable bonds is 23. The molecule has 6 aromatic carbocycles. The second-order valence-corrected chi connectivity index (χ2v) is 36.3. The molecule has 5 aliphatic rings. The van der Waals surface area contributed by atoms with Crippen molar-refractivity contribution >= 4 is 217 Å². The topological polar surface area (TPSA) is 486 Å². The fraction of sp³-hybridized carbons (Fsp3) is 0.340. The molecule has 15 heterocycles. The van der Waals surface area contributed by atoms with Crippen LogP contribution < -0.4 is 56.8 Å². The molecule has 0 saturated carbocycles. The van der Waals surface area contributed by atoms with E-state index in [1.807, 2.05) is 22.9 Å². The second-order valence-electron chi connectivity index (χ2n) is 32.4. The molecule has 1 N–H and O–H groups in total. The zero-order valence-electron chi connectivity index (χ0n) is 81.4. The fourth-order valence-corrected chi connectivity index (χ4v) is 21.4. The molecule has 0 spiro atoms. The van der Waals surface area contributed by atoms with E-state index in [1.54, 1.807) is 125 Å². The number of aldehydes is 2. The Labute approximate surface area is 844 Å². The lowest BCUT2D eigenvalue weighted by Crippen LogP contribution is -2.40. The highest BCUT2D eigenvalue weighted by Gasteiger charge is 2.38. The monoisotopic (exact) mass is 2090 g/mol. The molecule has 5 fully saturated rings. The van der Waals surface area contributed by atoms with Gasteiger partial charge in [0.1, 0.15) is 39.2 Å². The molecular weight excluding hydrogens is 1990 g/mol. The number of benzene rings is 6. The number of hydrogen-bond donors (Lipinski definition) is 1. The first-order chi connectivity index (χ1) is 70.7. The highest BCUT2D eigenvalue weighted by molar-refractivity contribution is 7.22. The van der Waals surface area contributed by atoms with Gasteiger partial charge in [-0.2, -0.15) is 0 Å². The van der Waals surface area contributed by atoms with E-state index in [0.717, 1.165) is 58.1 Å². The Bertz CT molecular complexity index is 7320. The number of amides is 5. The van der Waals surface area contributed by atoms with Crippen molar-refractivity contribution in [3.63, 3.8) is 0 Å². The van der Waals surface area contributed by atoms with Gasteiger partial charge in [0.15, 0.2) is 127 Å². The molecular formula is C100H98N6O36S4. The lowest BCUT2D eigenvalue weighted by molar-refractivity contribution is -0.385. The quantitative estimate of drug-likeness (QED) is 0.0269. The number of carbonyl (C=O) groups is 10.